The molecule has 2 aliphatic carbocycles. The minimum atomic E-state index is -4.18. The van der Waals surface area contributed by atoms with Crippen molar-refractivity contribution in [3.8, 4) is 5.69 Å². The summed E-state index contributed by atoms with van der Waals surface area (Å²) in [6, 6.07) is 22.8. The third-order valence-electron chi connectivity index (χ3n) is 9.20. The van der Waals surface area contributed by atoms with Gasteiger partial charge in [-0.25, -0.2) is 36.2 Å². The van der Waals surface area contributed by atoms with Crippen molar-refractivity contribution < 1.29 is 13.2 Å². The van der Waals surface area contributed by atoms with Crippen molar-refractivity contribution >= 4 is 31.9 Å². The highest BCUT2D eigenvalue weighted by atomic mass is 79.9. The molecule has 1 saturated heterocycles. The molecule has 1 amide bonds. The van der Waals surface area contributed by atoms with Crippen LogP contribution >= 0.6 is 15.9 Å². The summed E-state index contributed by atoms with van der Waals surface area (Å²) in [5.41, 5.74) is -1.98. The number of nitrogens with zero attached hydrogens (tertiary/aromatic N) is 4. The van der Waals surface area contributed by atoms with Gasteiger partial charge in [-0.05, 0) is 42.0 Å². The summed E-state index contributed by atoms with van der Waals surface area (Å²) in [7, 11) is -4.18. The highest BCUT2D eigenvalue weighted by Gasteiger charge is 2.92. The number of hydrogen-bond donors (Lipinski definition) is 0. The smallest absolute Gasteiger partial charge is 0.273 e. The second-order valence-electron chi connectivity index (χ2n) is 10.7. The average molecular weight is 617 g/mol. The Balaban J connectivity index is 1.35. The van der Waals surface area contributed by atoms with Crippen LogP contribution < -0.4 is 11.4 Å². The van der Waals surface area contributed by atoms with Gasteiger partial charge in [0.25, 0.3) is 10.0 Å². The van der Waals surface area contributed by atoms with Crippen LogP contribution in [0.5, 0.6) is 0 Å². The van der Waals surface area contributed by atoms with Gasteiger partial charge < -0.3 is 0 Å². The Kier molecular flexibility index (Phi) is 4.54. The highest BCUT2D eigenvalue weighted by molar-refractivity contribution is 9.10. The molecule has 9 nitrogen and oxygen atoms in total. The third kappa shape index (κ3) is 2.54. The van der Waals surface area contributed by atoms with Crippen molar-refractivity contribution in [2.45, 2.75) is 22.4 Å². The molecule has 5 atom stereocenters. The number of rotatable bonds is 4. The number of halogens is 1. The lowest BCUT2D eigenvalue weighted by atomic mass is 9.82. The molecule has 4 aromatic rings. The van der Waals surface area contributed by atoms with Crippen LogP contribution in [0.3, 0.4) is 0 Å². The molecule has 9 rings (SSSR count). The maximum absolute atomic E-state index is 14.5. The van der Waals surface area contributed by atoms with Crippen LogP contribution in [0.1, 0.15) is 17.6 Å². The quantitative estimate of drug-likeness (QED) is 0.328. The van der Waals surface area contributed by atoms with E-state index in [1.807, 2.05) is 42.5 Å². The van der Waals surface area contributed by atoms with E-state index in [1.54, 1.807) is 42.5 Å². The van der Waals surface area contributed by atoms with Gasteiger partial charge in [-0.1, -0.05) is 76.6 Å². The molecular weight excluding hydrogens is 596 g/mol. The molecule has 4 heterocycles. The Labute approximate surface area is 236 Å². The van der Waals surface area contributed by atoms with Crippen LogP contribution in [0.4, 0.5) is 0 Å². The monoisotopic (exact) mass is 616 g/mol. The number of benzene rings is 3. The van der Waals surface area contributed by atoms with E-state index < -0.39 is 50.2 Å². The van der Waals surface area contributed by atoms with Crippen molar-refractivity contribution in [1.29, 1.82) is 0 Å². The number of allylic oxidation sites excluding steroid dienone is 2. The predicted octanol–water partition coefficient (Wildman–Crippen LogP) is 3.01. The summed E-state index contributed by atoms with van der Waals surface area (Å²) in [4.78, 5) is 42.1. The van der Waals surface area contributed by atoms with Crippen LogP contribution in [-0.4, -0.2) is 39.1 Å². The number of para-hydroxylation sites is 1. The summed E-state index contributed by atoms with van der Waals surface area (Å²) in [6.07, 6.45) is 3.76. The number of aromatic nitrogens is 3. The van der Waals surface area contributed by atoms with Gasteiger partial charge in [-0.3, -0.25) is 4.79 Å². The van der Waals surface area contributed by atoms with Gasteiger partial charge in [-0.2, -0.15) is 0 Å². The fourth-order valence-electron chi connectivity index (χ4n) is 7.74. The van der Waals surface area contributed by atoms with Crippen molar-refractivity contribution in [2.24, 2.45) is 11.3 Å². The molecule has 5 aliphatic rings. The summed E-state index contributed by atoms with van der Waals surface area (Å²) >= 11 is 3.33. The highest BCUT2D eigenvalue weighted by Crippen LogP contribution is 2.83. The fourth-order valence-corrected chi connectivity index (χ4v) is 9.48. The van der Waals surface area contributed by atoms with Crippen LogP contribution in [-0.2, 0) is 20.2 Å². The third-order valence-corrected chi connectivity index (χ3v) is 11.5. The van der Waals surface area contributed by atoms with Crippen molar-refractivity contribution in [2.75, 3.05) is 6.54 Å². The van der Waals surface area contributed by atoms with Gasteiger partial charge in [0.1, 0.15) is 0 Å². The topological polar surface area (TPSA) is 103 Å². The standard InChI is InChI=1S/C29H21BrN4O5S/c30-19-11-13-21(14-12-19)40(38,39)31-17-28-23-16-15-22(24(28)29(28,25(31)35)18-7-3-1-4-8-18)33-26(36)32(27(37)34(23)33)20-9-5-2-6-10-20/h1-16,22-24H,17H2/t22-,23+,24+,28-,29+/m0/s1. The second kappa shape index (κ2) is 7.61. The molecule has 0 unspecified atom stereocenters. The molecule has 1 saturated carbocycles. The SMILES string of the molecule is O=C1N(S(=O)(=O)c2ccc(Br)cc2)C[C@@]23[C@@H]([C@@H]4C=C[C@H]2n2c(=O)n(-c5ccccc5)c(=O)n24)[C@]13c1ccccc1. The Bertz CT molecular complexity index is 2000. The lowest BCUT2D eigenvalue weighted by Gasteiger charge is -2.39. The summed E-state index contributed by atoms with van der Waals surface area (Å²) in [5, 5.41) is 0. The fraction of sp³-hybridized carbons (Fsp3) is 0.207. The maximum atomic E-state index is 14.5. The molecule has 1 spiro atoms. The zero-order valence-electron chi connectivity index (χ0n) is 20.8. The van der Waals surface area contributed by atoms with E-state index in [-0.39, 0.29) is 17.4 Å². The average Bonchev–Trinajstić information content (AvgIpc) is 3.43. The van der Waals surface area contributed by atoms with Crippen molar-refractivity contribution in [3.05, 3.63) is 128 Å². The number of sulfonamides is 1. The van der Waals surface area contributed by atoms with Crippen LogP contribution in [0, 0.1) is 11.3 Å². The number of hydrogen-bond acceptors (Lipinski definition) is 5. The maximum Gasteiger partial charge on any atom is 0.352 e. The van der Waals surface area contributed by atoms with E-state index in [4.69, 9.17) is 0 Å². The minimum Gasteiger partial charge on any atom is -0.273 e. The summed E-state index contributed by atoms with van der Waals surface area (Å²) in [5.74, 6) is -0.905. The largest absolute Gasteiger partial charge is 0.352 e. The summed E-state index contributed by atoms with van der Waals surface area (Å²) in [6.45, 7) is -0.0908. The number of amides is 1. The van der Waals surface area contributed by atoms with Gasteiger partial charge in [0.2, 0.25) is 5.91 Å². The van der Waals surface area contributed by atoms with Gasteiger partial charge >= 0.3 is 11.4 Å². The molecule has 3 aliphatic heterocycles. The van der Waals surface area contributed by atoms with E-state index in [0.29, 0.717) is 11.3 Å². The Hall–Kier alpha value is -3.96. The molecule has 200 valence electrons. The van der Waals surface area contributed by atoms with Crippen molar-refractivity contribution in [1.82, 2.24) is 18.2 Å². The molecule has 0 radical (unpaired) electrons. The van der Waals surface area contributed by atoms with E-state index in [0.717, 1.165) is 13.3 Å². The Morgan fingerprint density at radius 1 is 0.775 bits per heavy atom. The van der Waals surface area contributed by atoms with Gasteiger partial charge in [-0.15, -0.1) is 0 Å². The van der Waals surface area contributed by atoms with Crippen LogP contribution in [0.2, 0.25) is 0 Å². The van der Waals surface area contributed by atoms with Crippen LogP contribution in [0.15, 0.2) is 116 Å². The molecule has 2 bridgehead atoms. The Morgan fingerprint density at radius 3 is 2.08 bits per heavy atom. The zero-order valence-corrected chi connectivity index (χ0v) is 23.2. The lowest BCUT2D eigenvalue weighted by Crippen LogP contribution is -2.49. The first kappa shape index (κ1) is 23.9. The lowest BCUT2D eigenvalue weighted by molar-refractivity contribution is -0.127. The van der Waals surface area contributed by atoms with Gasteiger partial charge in [0.05, 0.1) is 28.1 Å². The number of carbonyl (C=O) groups excluding carboxylic acids is 1. The zero-order chi connectivity index (χ0) is 27.6. The summed E-state index contributed by atoms with van der Waals surface area (Å²) < 4.78 is 33.5. The molecule has 1 aromatic heterocycles. The molecule has 2 fully saturated rings. The number of carbonyl (C=O) groups is 1. The number of piperidine rings is 1. The molecular formula is C29H21BrN4O5S. The van der Waals surface area contributed by atoms with E-state index in [9.17, 15) is 22.8 Å². The first-order valence-corrected chi connectivity index (χ1v) is 15.1. The normalized spacial score (nSPS) is 29.3. The van der Waals surface area contributed by atoms with E-state index in [2.05, 4.69) is 15.9 Å². The first-order chi connectivity index (χ1) is 19.3. The predicted molar refractivity (Wildman–Crippen MR) is 149 cm³/mol. The molecule has 11 heteroatoms. The molecule has 40 heavy (non-hydrogen) atoms. The first-order valence-electron chi connectivity index (χ1n) is 12.8. The molecule has 3 aromatic carbocycles. The minimum absolute atomic E-state index is 0.0160. The van der Waals surface area contributed by atoms with E-state index in [1.165, 1.54) is 21.5 Å². The van der Waals surface area contributed by atoms with E-state index >= 15 is 0 Å². The Morgan fingerprint density at radius 2 is 1.40 bits per heavy atom. The van der Waals surface area contributed by atoms with Crippen LogP contribution in [0.25, 0.3) is 5.69 Å². The van der Waals surface area contributed by atoms with Gasteiger partial charge in [0, 0.05) is 22.4 Å². The van der Waals surface area contributed by atoms with Crippen molar-refractivity contribution in [3.63, 3.8) is 0 Å². The second-order valence-corrected chi connectivity index (χ2v) is 13.5. The molecule has 0 N–H and O–H groups in total. The van der Waals surface area contributed by atoms with Gasteiger partial charge in [0.15, 0.2) is 0 Å².